The van der Waals surface area contributed by atoms with E-state index in [-0.39, 0.29) is 7.43 Å². The van der Waals surface area contributed by atoms with Crippen LogP contribution >= 0.6 is 19.4 Å². The van der Waals surface area contributed by atoms with Gasteiger partial charge in [-0.05, 0) is 24.3 Å². The molecule has 2 aromatic heterocycles. The van der Waals surface area contributed by atoms with Gasteiger partial charge in [-0.3, -0.25) is 9.97 Å². The number of pyridine rings is 2. The van der Waals surface area contributed by atoms with E-state index in [1.54, 1.807) is 24.8 Å². The second kappa shape index (κ2) is 17.2. The zero-order valence-corrected chi connectivity index (χ0v) is 15.7. The predicted octanol–water partition coefficient (Wildman–Crippen LogP) is 5.29. The van der Waals surface area contributed by atoms with Gasteiger partial charge in [0.15, 0.2) is 0 Å². The Hall–Kier alpha value is -0.887. The molecule has 0 aromatic carbocycles. The Labute approximate surface area is 141 Å². The van der Waals surface area contributed by atoms with Crippen LogP contribution in [-0.4, -0.2) is 14.6 Å². The molecule has 0 aliphatic carbocycles. The summed E-state index contributed by atoms with van der Waals surface area (Å²) in [6.07, 6.45) is 8.96. The molecule has 2 heterocycles. The van der Waals surface area contributed by atoms with Crippen molar-refractivity contribution in [1.29, 1.82) is 0 Å². The SMILES string of the molecule is CC(C)=C[CH]=[Ru]([Cl])[Cl].[CH3-].c1ccncc1.c1ccncc1. The average molecular weight is 413 g/mol. The molecule has 0 radical (unpaired) electrons. The van der Waals surface area contributed by atoms with E-state index < -0.39 is 13.5 Å². The molecule has 0 N–H and O–H groups in total. The molecule has 5 heteroatoms. The molecule has 21 heavy (non-hydrogen) atoms. The number of hydrogen-bond acceptors (Lipinski definition) is 2. The molecule has 2 nitrogen and oxygen atoms in total. The van der Waals surface area contributed by atoms with Crippen LogP contribution in [0, 0.1) is 7.43 Å². The Bertz CT molecular complexity index is 379. The van der Waals surface area contributed by atoms with E-state index in [1.165, 1.54) is 5.57 Å². The van der Waals surface area contributed by atoms with Gasteiger partial charge in [0.05, 0.1) is 0 Å². The van der Waals surface area contributed by atoms with Gasteiger partial charge in [0.1, 0.15) is 0 Å². The van der Waals surface area contributed by atoms with Crippen LogP contribution in [0.15, 0.2) is 72.8 Å². The molecule has 0 saturated heterocycles. The van der Waals surface area contributed by atoms with Crippen LogP contribution in [-0.2, 0) is 13.5 Å². The number of halogens is 2. The molecule has 0 fully saturated rings. The number of rotatable bonds is 1. The number of aromatic nitrogens is 2. The van der Waals surface area contributed by atoms with E-state index >= 15 is 0 Å². The normalized spacial score (nSPS) is 8.48. The van der Waals surface area contributed by atoms with Crippen molar-refractivity contribution in [3.63, 3.8) is 0 Å². The summed E-state index contributed by atoms with van der Waals surface area (Å²) in [7, 11) is 11.1. The summed E-state index contributed by atoms with van der Waals surface area (Å²) in [6.45, 7) is 4.03. The van der Waals surface area contributed by atoms with Gasteiger partial charge in [-0.25, -0.2) is 0 Å². The third kappa shape index (κ3) is 21.6. The molecular formula is C16H21Cl2N2Ru-. The molecular weight excluding hydrogens is 392 g/mol. The molecule has 0 bridgehead atoms. The van der Waals surface area contributed by atoms with Crippen molar-refractivity contribution in [1.82, 2.24) is 9.97 Å². The maximum atomic E-state index is 5.53. The van der Waals surface area contributed by atoms with Crippen LogP contribution in [0.5, 0.6) is 0 Å². The fourth-order valence-corrected chi connectivity index (χ4v) is 2.11. The Balaban J connectivity index is 0. The Morgan fingerprint density at radius 2 is 1.19 bits per heavy atom. The largest absolute Gasteiger partial charge is 0.358 e. The predicted molar refractivity (Wildman–Crippen MR) is 92.1 cm³/mol. The molecule has 0 saturated carbocycles. The fourth-order valence-electron chi connectivity index (χ4n) is 0.788. The first-order valence-corrected chi connectivity index (χ1v) is 11.3. The van der Waals surface area contributed by atoms with Crippen molar-refractivity contribution < 1.29 is 13.5 Å². The summed E-state index contributed by atoms with van der Waals surface area (Å²) in [5.41, 5.74) is 1.24. The van der Waals surface area contributed by atoms with Crippen molar-refractivity contribution in [3.05, 3.63) is 80.3 Å². The van der Waals surface area contributed by atoms with Crippen molar-refractivity contribution >= 4 is 24.0 Å². The van der Waals surface area contributed by atoms with Gasteiger partial charge in [0.2, 0.25) is 0 Å². The minimum atomic E-state index is -1.52. The Morgan fingerprint density at radius 3 is 1.29 bits per heavy atom. The third-order valence-electron chi connectivity index (χ3n) is 1.61. The van der Waals surface area contributed by atoms with Gasteiger partial charge in [0.25, 0.3) is 0 Å². The second-order valence-electron chi connectivity index (χ2n) is 3.62. The van der Waals surface area contributed by atoms with E-state index in [0.29, 0.717) is 0 Å². The van der Waals surface area contributed by atoms with Gasteiger partial charge < -0.3 is 7.43 Å². The van der Waals surface area contributed by atoms with Gasteiger partial charge in [-0.15, -0.1) is 0 Å². The number of hydrogen-bond donors (Lipinski definition) is 0. The van der Waals surface area contributed by atoms with Crippen molar-refractivity contribution in [2.24, 2.45) is 0 Å². The number of allylic oxidation sites excluding steroid dienone is 2. The fraction of sp³-hybridized carbons (Fsp3) is 0.125. The average Bonchev–Trinajstić information content (AvgIpc) is 2.50. The molecule has 0 aliphatic rings. The van der Waals surface area contributed by atoms with Crippen LogP contribution in [0.4, 0.5) is 0 Å². The van der Waals surface area contributed by atoms with Crippen LogP contribution in [0.3, 0.4) is 0 Å². The second-order valence-corrected chi connectivity index (χ2v) is 9.42. The third-order valence-corrected chi connectivity index (χ3v) is 3.40. The van der Waals surface area contributed by atoms with Crippen molar-refractivity contribution in [3.8, 4) is 0 Å². The summed E-state index contributed by atoms with van der Waals surface area (Å²) in [5, 5.41) is 0. The Morgan fingerprint density at radius 1 is 0.810 bits per heavy atom. The van der Waals surface area contributed by atoms with E-state index in [2.05, 4.69) is 9.97 Å². The topological polar surface area (TPSA) is 25.8 Å². The molecule has 0 amide bonds. The maximum absolute atomic E-state index is 5.53. The van der Waals surface area contributed by atoms with Crippen LogP contribution < -0.4 is 0 Å². The van der Waals surface area contributed by atoms with Crippen molar-refractivity contribution in [2.45, 2.75) is 13.8 Å². The molecule has 2 aromatic rings. The quantitative estimate of drug-likeness (QED) is 0.469. The van der Waals surface area contributed by atoms with E-state index in [4.69, 9.17) is 19.4 Å². The van der Waals surface area contributed by atoms with Gasteiger partial charge in [-0.1, -0.05) is 12.1 Å². The van der Waals surface area contributed by atoms with Gasteiger partial charge in [0, 0.05) is 24.8 Å². The van der Waals surface area contributed by atoms with E-state index in [1.807, 2.05) is 60.9 Å². The first kappa shape index (κ1) is 22.4. The number of nitrogens with zero attached hydrogens (tertiary/aromatic N) is 2. The van der Waals surface area contributed by atoms with Gasteiger partial charge in [-0.2, -0.15) is 0 Å². The van der Waals surface area contributed by atoms with Gasteiger partial charge >= 0.3 is 63.0 Å². The molecule has 0 unspecified atom stereocenters. The summed E-state index contributed by atoms with van der Waals surface area (Å²) in [5.74, 6) is 0. The summed E-state index contributed by atoms with van der Waals surface area (Å²) >= 11 is -1.52. The molecule has 0 atom stereocenters. The zero-order chi connectivity index (χ0) is 15.1. The maximum Gasteiger partial charge on any atom is 0.0267 e. The first-order chi connectivity index (χ1) is 9.63. The van der Waals surface area contributed by atoms with Crippen LogP contribution in [0.2, 0.25) is 0 Å². The molecule has 2 rings (SSSR count). The van der Waals surface area contributed by atoms with E-state index in [0.717, 1.165) is 0 Å². The van der Waals surface area contributed by atoms with E-state index in [9.17, 15) is 0 Å². The summed E-state index contributed by atoms with van der Waals surface area (Å²) in [6, 6.07) is 11.4. The Kier molecular flexibility index (Phi) is 18.3. The molecule has 118 valence electrons. The van der Waals surface area contributed by atoms with Crippen LogP contribution in [0.25, 0.3) is 0 Å². The monoisotopic (exact) mass is 413 g/mol. The summed E-state index contributed by atoms with van der Waals surface area (Å²) < 4.78 is 1.88. The minimum absolute atomic E-state index is 0. The van der Waals surface area contributed by atoms with Crippen molar-refractivity contribution in [2.75, 3.05) is 0 Å². The zero-order valence-electron chi connectivity index (χ0n) is 12.4. The minimum Gasteiger partial charge on any atom is -0.358 e. The summed E-state index contributed by atoms with van der Waals surface area (Å²) in [4.78, 5) is 7.57. The molecule has 0 spiro atoms. The van der Waals surface area contributed by atoms with Crippen LogP contribution in [0.1, 0.15) is 13.8 Å². The molecule has 0 aliphatic heterocycles. The standard InChI is InChI=1S/2C5H5N.C5H8.CH3.2ClH.Ru/c2*1-2-4-6-5-3-1;1-4-5(2)3;;;;/h2*1-5H;1,4H,2-3H3;1H3;2*1H;/q;;;-1;;;+2/p-2. The first-order valence-electron chi connectivity index (χ1n) is 5.79. The smallest absolute Gasteiger partial charge is 0.0267 e.